The molecule has 1 amide bonds. The second-order valence-corrected chi connectivity index (χ2v) is 7.26. The molecular weight excluding hydrogens is 332 g/mol. The molecule has 0 unspecified atom stereocenters. The number of aryl methyl sites for hydroxylation is 1. The number of ether oxygens (including phenoxy) is 1. The van der Waals surface area contributed by atoms with E-state index in [-0.39, 0.29) is 23.0 Å². The summed E-state index contributed by atoms with van der Waals surface area (Å²) in [5.41, 5.74) is -0.682. The van der Waals surface area contributed by atoms with Gasteiger partial charge in [-0.05, 0) is 36.8 Å². The summed E-state index contributed by atoms with van der Waals surface area (Å²) in [5, 5.41) is 17.8. The number of carbonyl (C=O) groups is 1. The van der Waals surface area contributed by atoms with Crippen LogP contribution < -0.4 is 0 Å². The van der Waals surface area contributed by atoms with Crippen LogP contribution in [0.4, 0.5) is 0 Å². The second-order valence-electron chi connectivity index (χ2n) is 6.92. The molecule has 3 rings (SSSR count). The Bertz CT molecular complexity index is 575. The lowest BCUT2D eigenvalue weighted by molar-refractivity contribution is -0.151. The number of halogens is 1. The van der Waals surface area contributed by atoms with Crippen LogP contribution in [0.25, 0.3) is 0 Å². The van der Waals surface area contributed by atoms with Gasteiger partial charge in [-0.1, -0.05) is 6.92 Å². The maximum Gasteiger partial charge on any atom is 0.242 e. The summed E-state index contributed by atoms with van der Waals surface area (Å²) in [6.07, 6.45) is 3.31. The molecule has 1 aromatic rings. The Kier molecular flexibility index (Phi) is 5.42. The van der Waals surface area contributed by atoms with Gasteiger partial charge in [0.1, 0.15) is 5.82 Å². The van der Waals surface area contributed by atoms with E-state index in [1.54, 1.807) is 0 Å². The first-order valence-electron chi connectivity index (χ1n) is 8.63. The van der Waals surface area contributed by atoms with Crippen molar-refractivity contribution in [3.63, 3.8) is 0 Å². The number of hydrogen-bond donors (Lipinski definition) is 2. The molecule has 2 N–H and O–H groups in total. The molecule has 2 fully saturated rings. The van der Waals surface area contributed by atoms with E-state index in [0.29, 0.717) is 38.2 Å². The molecule has 2 saturated heterocycles. The first-order chi connectivity index (χ1) is 11.5. The summed E-state index contributed by atoms with van der Waals surface area (Å²) < 4.78 is 5.41. The van der Waals surface area contributed by atoms with Gasteiger partial charge < -0.3 is 14.7 Å². The largest absolute Gasteiger partial charge is 0.389 e. The fourth-order valence-corrected chi connectivity index (χ4v) is 4.08. The number of aromatic nitrogens is 3. The zero-order chi connectivity index (χ0) is 17.2. The molecule has 0 aliphatic carbocycles. The van der Waals surface area contributed by atoms with Crippen molar-refractivity contribution < 1.29 is 14.6 Å². The number of hydrogen-bond acceptors (Lipinski definition) is 5. The van der Waals surface area contributed by atoms with Gasteiger partial charge in [-0.2, -0.15) is 0 Å². The Morgan fingerprint density at radius 1 is 1.50 bits per heavy atom. The fourth-order valence-electron chi connectivity index (χ4n) is 3.94. The van der Waals surface area contributed by atoms with Gasteiger partial charge in [0.25, 0.3) is 0 Å². The lowest BCUT2D eigenvalue weighted by Crippen LogP contribution is -2.56. The van der Waals surface area contributed by atoms with Gasteiger partial charge in [0.05, 0.1) is 5.60 Å². The minimum atomic E-state index is -0.682. The van der Waals surface area contributed by atoms with E-state index in [2.05, 4.69) is 15.2 Å². The molecule has 0 spiro atoms. The minimum absolute atomic E-state index is 0.0676. The van der Waals surface area contributed by atoms with Crippen LogP contribution in [0.1, 0.15) is 38.4 Å². The highest BCUT2D eigenvalue weighted by molar-refractivity contribution is 6.28. The van der Waals surface area contributed by atoms with Crippen molar-refractivity contribution >= 4 is 17.5 Å². The van der Waals surface area contributed by atoms with Gasteiger partial charge in [0.2, 0.25) is 11.2 Å². The van der Waals surface area contributed by atoms with E-state index in [9.17, 15) is 9.90 Å². The Labute approximate surface area is 146 Å². The maximum absolute atomic E-state index is 12.4. The molecule has 0 radical (unpaired) electrons. The third kappa shape index (κ3) is 3.73. The molecule has 2 aliphatic heterocycles. The number of nitrogens with zero attached hydrogens (tertiary/aromatic N) is 3. The van der Waals surface area contributed by atoms with Crippen LogP contribution >= 0.6 is 11.6 Å². The monoisotopic (exact) mass is 356 g/mol. The number of piperidine rings is 1. The first kappa shape index (κ1) is 17.6. The van der Waals surface area contributed by atoms with Crippen molar-refractivity contribution in [2.75, 3.05) is 26.3 Å². The lowest BCUT2D eigenvalue weighted by Gasteiger charge is -2.48. The highest BCUT2D eigenvalue weighted by atomic mass is 35.5. The molecule has 0 aromatic carbocycles. The average molecular weight is 357 g/mol. The number of rotatable bonds is 4. The predicted octanol–water partition coefficient (Wildman–Crippen LogP) is 1.42. The molecule has 0 saturated carbocycles. The van der Waals surface area contributed by atoms with Crippen molar-refractivity contribution in [2.45, 2.75) is 44.6 Å². The van der Waals surface area contributed by atoms with Crippen LogP contribution in [0.15, 0.2) is 0 Å². The van der Waals surface area contributed by atoms with Crippen molar-refractivity contribution in [3.8, 4) is 0 Å². The third-order valence-corrected chi connectivity index (χ3v) is 5.66. The standard InChI is InChI=1S/C16H25ClN4O3/c1-11-10-21(14(22)3-2-13-18-15(17)20-19-13)7-6-16(11,23)12-4-8-24-9-5-12/h11-12,23H,2-10H2,1H3,(H,18,19,20)/t11-,16+/m1/s1. The number of aromatic amines is 1. The molecule has 3 heterocycles. The van der Waals surface area contributed by atoms with E-state index >= 15 is 0 Å². The van der Waals surface area contributed by atoms with E-state index < -0.39 is 5.60 Å². The maximum atomic E-state index is 12.4. The van der Waals surface area contributed by atoms with Crippen LogP contribution in [-0.4, -0.2) is 63.0 Å². The van der Waals surface area contributed by atoms with Crippen LogP contribution in [0.2, 0.25) is 5.28 Å². The van der Waals surface area contributed by atoms with Gasteiger partial charge in [-0.15, -0.1) is 5.10 Å². The molecule has 7 nitrogen and oxygen atoms in total. The van der Waals surface area contributed by atoms with Crippen LogP contribution in [-0.2, 0) is 16.0 Å². The van der Waals surface area contributed by atoms with Gasteiger partial charge in [-0.25, -0.2) is 4.98 Å². The molecule has 2 aliphatic rings. The summed E-state index contributed by atoms with van der Waals surface area (Å²) in [6.45, 7) is 4.70. The molecule has 1 aromatic heterocycles. The number of amides is 1. The smallest absolute Gasteiger partial charge is 0.242 e. The average Bonchev–Trinajstić information content (AvgIpc) is 3.01. The quantitative estimate of drug-likeness (QED) is 0.851. The second kappa shape index (κ2) is 7.37. The molecule has 8 heteroatoms. The molecule has 2 atom stereocenters. The first-order valence-corrected chi connectivity index (χ1v) is 9.01. The van der Waals surface area contributed by atoms with Crippen molar-refractivity contribution in [3.05, 3.63) is 11.1 Å². The number of aliphatic hydroxyl groups is 1. The highest BCUT2D eigenvalue weighted by Gasteiger charge is 2.45. The summed E-state index contributed by atoms with van der Waals surface area (Å²) in [6, 6.07) is 0. The zero-order valence-electron chi connectivity index (χ0n) is 14.0. The molecule has 24 heavy (non-hydrogen) atoms. The number of carbonyl (C=O) groups excluding carboxylic acids is 1. The van der Waals surface area contributed by atoms with Crippen LogP contribution in [0.3, 0.4) is 0 Å². The number of likely N-dealkylation sites (tertiary alicyclic amines) is 1. The van der Waals surface area contributed by atoms with E-state index in [1.165, 1.54) is 0 Å². The Morgan fingerprint density at radius 3 is 2.88 bits per heavy atom. The van der Waals surface area contributed by atoms with Crippen LogP contribution in [0, 0.1) is 11.8 Å². The van der Waals surface area contributed by atoms with E-state index in [0.717, 1.165) is 26.1 Å². The van der Waals surface area contributed by atoms with Gasteiger partial charge >= 0.3 is 0 Å². The summed E-state index contributed by atoms with van der Waals surface area (Å²) in [4.78, 5) is 18.3. The Hall–Kier alpha value is -1.18. The summed E-state index contributed by atoms with van der Waals surface area (Å²) in [5.74, 6) is 1.05. The normalized spacial score (nSPS) is 29.0. The molecular formula is C16H25ClN4O3. The fraction of sp³-hybridized carbons (Fsp3) is 0.812. The molecule has 0 bridgehead atoms. The third-order valence-electron chi connectivity index (χ3n) is 5.49. The Balaban J connectivity index is 1.53. The zero-order valence-corrected chi connectivity index (χ0v) is 14.8. The number of H-pyrrole nitrogens is 1. The SMILES string of the molecule is C[C@@H]1CN(C(=O)CCc2nc(Cl)n[nH]2)CC[C@@]1(O)C1CCOCC1. The van der Waals surface area contributed by atoms with Gasteiger partial charge in [0.15, 0.2) is 0 Å². The predicted molar refractivity (Wildman–Crippen MR) is 88.6 cm³/mol. The summed E-state index contributed by atoms with van der Waals surface area (Å²) in [7, 11) is 0. The van der Waals surface area contributed by atoms with Crippen molar-refractivity contribution in [1.29, 1.82) is 0 Å². The van der Waals surface area contributed by atoms with E-state index in [4.69, 9.17) is 16.3 Å². The lowest BCUT2D eigenvalue weighted by atomic mass is 9.70. The number of nitrogens with one attached hydrogen (secondary N) is 1. The minimum Gasteiger partial charge on any atom is -0.389 e. The van der Waals surface area contributed by atoms with E-state index in [1.807, 2.05) is 11.8 Å². The van der Waals surface area contributed by atoms with Gasteiger partial charge in [0, 0.05) is 45.1 Å². The highest BCUT2D eigenvalue weighted by Crippen LogP contribution is 2.39. The van der Waals surface area contributed by atoms with Crippen molar-refractivity contribution in [2.24, 2.45) is 11.8 Å². The molecule has 134 valence electrons. The summed E-state index contributed by atoms with van der Waals surface area (Å²) >= 11 is 5.66. The van der Waals surface area contributed by atoms with Crippen molar-refractivity contribution in [1.82, 2.24) is 20.1 Å². The topological polar surface area (TPSA) is 91.3 Å². The van der Waals surface area contributed by atoms with Gasteiger partial charge in [-0.3, -0.25) is 9.89 Å². The Morgan fingerprint density at radius 2 is 2.25 bits per heavy atom. The van der Waals surface area contributed by atoms with Crippen LogP contribution in [0.5, 0.6) is 0 Å².